The van der Waals surface area contributed by atoms with Crippen LogP contribution in [0.15, 0.2) is 52.9 Å². The van der Waals surface area contributed by atoms with Crippen molar-refractivity contribution in [3.05, 3.63) is 60.0 Å². The van der Waals surface area contributed by atoms with Gasteiger partial charge < -0.3 is 9.32 Å². The Morgan fingerprint density at radius 1 is 0.957 bits per heavy atom. The van der Waals surface area contributed by atoms with E-state index in [4.69, 9.17) is 4.42 Å². The molecule has 1 fully saturated rings. The first-order valence-corrected chi connectivity index (χ1v) is 8.17. The number of rotatable bonds is 3. The fraction of sp³-hybridized carbons (Fsp3) is 0.316. The largest absolute Gasteiger partial charge is 0.439 e. The molecule has 0 atom stereocenters. The minimum Gasteiger partial charge on any atom is -0.439 e. The maximum absolute atomic E-state index is 5.83. The van der Waals surface area contributed by atoms with Crippen molar-refractivity contribution >= 4 is 16.8 Å². The number of benzene rings is 2. The van der Waals surface area contributed by atoms with E-state index >= 15 is 0 Å². The second-order valence-corrected chi connectivity index (χ2v) is 6.13. The SMILES string of the molecule is Cc1ccccc1N1CCN(Cc2nc3ccccc3o2)CC1. The number of anilines is 1. The van der Waals surface area contributed by atoms with E-state index in [1.54, 1.807) is 0 Å². The quantitative estimate of drug-likeness (QED) is 0.742. The summed E-state index contributed by atoms with van der Waals surface area (Å²) in [4.78, 5) is 9.46. The van der Waals surface area contributed by atoms with Crippen LogP contribution in [0, 0.1) is 6.92 Å². The van der Waals surface area contributed by atoms with Crippen LogP contribution in [0.25, 0.3) is 11.1 Å². The minimum atomic E-state index is 0.788. The zero-order valence-corrected chi connectivity index (χ0v) is 13.4. The number of hydrogen-bond acceptors (Lipinski definition) is 4. The van der Waals surface area contributed by atoms with E-state index in [9.17, 15) is 0 Å². The number of piperazine rings is 1. The number of nitrogens with zero attached hydrogens (tertiary/aromatic N) is 3. The molecule has 1 aliphatic rings. The first-order valence-electron chi connectivity index (χ1n) is 8.17. The zero-order chi connectivity index (χ0) is 15.6. The van der Waals surface area contributed by atoms with E-state index in [1.165, 1.54) is 11.3 Å². The molecule has 1 aromatic heterocycles. The highest BCUT2D eigenvalue weighted by Gasteiger charge is 2.19. The topological polar surface area (TPSA) is 32.5 Å². The molecule has 2 aromatic carbocycles. The maximum atomic E-state index is 5.83. The second kappa shape index (κ2) is 6.05. The molecule has 0 aliphatic carbocycles. The smallest absolute Gasteiger partial charge is 0.209 e. The summed E-state index contributed by atoms with van der Waals surface area (Å²) in [5.41, 5.74) is 4.52. The number of hydrogen-bond donors (Lipinski definition) is 0. The highest BCUT2D eigenvalue weighted by molar-refractivity contribution is 5.72. The Bertz CT molecular complexity index is 770. The van der Waals surface area contributed by atoms with Gasteiger partial charge in [0.1, 0.15) is 5.52 Å². The van der Waals surface area contributed by atoms with Crippen LogP contribution in [0.1, 0.15) is 11.5 Å². The first kappa shape index (κ1) is 14.3. The average Bonchev–Trinajstić information content (AvgIpc) is 2.98. The van der Waals surface area contributed by atoms with Crippen molar-refractivity contribution < 1.29 is 4.42 Å². The molecule has 4 rings (SSSR count). The Balaban J connectivity index is 1.41. The van der Waals surface area contributed by atoms with E-state index in [2.05, 4.69) is 46.0 Å². The summed E-state index contributed by atoms with van der Waals surface area (Å²) in [6.45, 7) is 7.13. The minimum absolute atomic E-state index is 0.788. The molecule has 1 aliphatic heterocycles. The standard InChI is InChI=1S/C19H21N3O/c1-15-6-2-4-8-17(15)22-12-10-21(11-13-22)14-19-20-16-7-3-5-9-18(16)23-19/h2-9H,10-14H2,1H3. The van der Waals surface area contributed by atoms with Crippen LogP contribution in [-0.4, -0.2) is 36.1 Å². The first-order chi connectivity index (χ1) is 11.3. The van der Waals surface area contributed by atoms with Crippen molar-refractivity contribution in [1.82, 2.24) is 9.88 Å². The lowest BCUT2D eigenvalue weighted by atomic mass is 10.1. The molecule has 2 heterocycles. The van der Waals surface area contributed by atoms with Crippen molar-refractivity contribution in [3.63, 3.8) is 0 Å². The van der Waals surface area contributed by atoms with Crippen LogP contribution < -0.4 is 4.90 Å². The summed E-state index contributed by atoms with van der Waals surface area (Å²) in [5, 5.41) is 0. The lowest BCUT2D eigenvalue weighted by Crippen LogP contribution is -2.46. The molecular weight excluding hydrogens is 286 g/mol. The van der Waals surface area contributed by atoms with Gasteiger partial charge in [-0.15, -0.1) is 0 Å². The van der Waals surface area contributed by atoms with Gasteiger partial charge in [-0.2, -0.15) is 0 Å². The highest BCUT2D eigenvalue weighted by Crippen LogP contribution is 2.22. The fourth-order valence-corrected chi connectivity index (χ4v) is 3.24. The number of oxazole rings is 1. The molecule has 1 saturated heterocycles. The summed E-state index contributed by atoms with van der Waals surface area (Å²) >= 11 is 0. The molecule has 0 bridgehead atoms. The van der Waals surface area contributed by atoms with Crippen molar-refractivity contribution in [2.75, 3.05) is 31.1 Å². The zero-order valence-electron chi connectivity index (χ0n) is 13.4. The van der Waals surface area contributed by atoms with Gasteiger partial charge in [0.15, 0.2) is 5.58 Å². The summed E-state index contributed by atoms with van der Waals surface area (Å²) < 4.78 is 5.83. The van der Waals surface area contributed by atoms with Crippen LogP contribution in [-0.2, 0) is 6.54 Å². The van der Waals surface area contributed by atoms with Gasteiger partial charge >= 0.3 is 0 Å². The average molecular weight is 307 g/mol. The van der Waals surface area contributed by atoms with Gasteiger partial charge in [-0.05, 0) is 30.7 Å². The van der Waals surface area contributed by atoms with Gasteiger partial charge in [0.05, 0.1) is 6.54 Å². The third-order valence-electron chi connectivity index (χ3n) is 4.53. The van der Waals surface area contributed by atoms with Crippen molar-refractivity contribution in [3.8, 4) is 0 Å². The molecule has 0 radical (unpaired) electrons. The normalized spacial score (nSPS) is 16.1. The van der Waals surface area contributed by atoms with Gasteiger partial charge in [-0.1, -0.05) is 30.3 Å². The number of aryl methyl sites for hydroxylation is 1. The van der Waals surface area contributed by atoms with Crippen LogP contribution in [0.4, 0.5) is 5.69 Å². The molecule has 4 heteroatoms. The van der Waals surface area contributed by atoms with Gasteiger partial charge in [-0.25, -0.2) is 4.98 Å². The highest BCUT2D eigenvalue weighted by atomic mass is 16.3. The molecular formula is C19H21N3O. The summed E-state index contributed by atoms with van der Waals surface area (Å²) in [5.74, 6) is 0.815. The Labute approximate surface area is 136 Å². The molecule has 3 aromatic rings. The summed E-state index contributed by atoms with van der Waals surface area (Å²) in [6.07, 6.45) is 0. The molecule has 0 amide bonds. The van der Waals surface area contributed by atoms with Gasteiger partial charge in [0, 0.05) is 31.9 Å². The third kappa shape index (κ3) is 2.94. The van der Waals surface area contributed by atoms with Crippen molar-refractivity contribution in [1.29, 1.82) is 0 Å². The number of para-hydroxylation sites is 3. The number of fused-ring (bicyclic) bond motifs is 1. The Morgan fingerprint density at radius 3 is 2.48 bits per heavy atom. The number of aromatic nitrogens is 1. The Kier molecular flexibility index (Phi) is 3.75. The van der Waals surface area contributed by atoms with Crippen molar-refractivity contribution in [2.45, 2.75) is 13.5 Å². The van der Waals surface area contributed by atoms with E-state index in [-0.39, 0.29) is 0 Å². The lowest BCUT2D eigenvalue weighted by molar-refractivity contribution is 0.228. The van der Waals surface area contributed by atoms with E-state index in [0.717, 1.165) is 49.7 Å². The van der Waals surface area contributed by atoms with Crippen LogP contribution in [0.5, 0.6) is 0 Å². The van der Waals surface area contributed by atoms with Gasteiger partial charge in [0.2, 0.25) is 5.89 Å². The molecule has 0 saturated carbocycles. The predicted octanol–water partition coefficient (Wildman–Crippen LogP) is 3.46. The lowest BCUT2D eigenvalue weighted by Gasteiger charge is -2.36. The van der Waals surface area contributed by atoms with Gasteiger partial charge in [-0.3, -0.25) is 4.90 Å². The third-order valence-corrected chi connectivity index (χ3v) is 4.53. The molecule has 0 unspecified atom stereocenters. The molecule has 4 nitrogen and oxygen atoms in total. The molecule has 23 heavy (non-hydrogen) atoms. The predicted molar refractivity (Wildman–Crippen MR) is 92.7 cm³/mol. The van der Waals surface area contributed by atoms with E-state index < -0.39 is 0 Å². The second-order valence-electron chi connectivity index (χ2n) is 6.13. The molecule has 0 spiro atoms. The van der Waals surface area contributed by atoms with E-state index in [0.29, 0.717) is 0 Å². The molecule has 118 valence electrons. The summed E-state index contributed by atoms with van der Waals surface area (Å²) in [7, 11) is 0. The van der Waals surface area contributed by atoms with Crippen LogP contribution in [0.2, 0.25) is 0 Å². The summed E-state index contributed by atoms with van der Waals surface area (Å²) in [6, 6.07) is 16.6. The van der Waals surface area contributed by atoms with Crippen molar-refractivity contribution in [2.24, 2.45) is 0 Å². The van der Waals surface area contributed by atoms with Crippen LogP contribution >= 0.6 is 0 Å². The molecule has 0 N–H and O–H groups in total. The monoisotopic (exact) mass is 307 g/mol. The van der Waals surface area contributed by atoms with Gasteiger partial charge in [0.25, 0.3) is 0 Å². The Morgan fingerprint density at radius 2 is 1.70 bits per heavy atom. The maximum Gasteiger partial charge on any atom is 0.209 e. The van der Waals surface area contributed by atoms with Crippen LogP contribution in [0.3, 0.4) is 0 Å². The fourth-order valence-electron chi connectivity index (χ4n) is 3.24. The Hall–Kier alpha value is -2.33. The van der Waals surface area contributed by atoms with E-state index in [1.807, 2.05) is 24.3 Å².